The topological polar surface area (TPSA) is 84.9 Å². The first kappa shape index (κ1) is 22.3. The number of halogens is 4. The first-order valence-electron chi connectivity index (χ1n) is 7.69. The van der Waals surface area contributed by atoms with E-state index in [9.17, 15) is 27.2 Å². The van der Waals surface area contributed by atoms with E-state index in [0.717, 1.165) is 6.08 Å². The molecule has 0 spiro atoms. The molecule has 10 heteroatoms. The number of carbonyl (C=O) groups excluding carboxylic acids is 1. The van der Waals surface area contributed by atoms with Gasteiger partial charge in [0.2, 0.25) is 11.6 Å². The minimum Gasteiger partial charge on any atom is -0.483 e. The standard InChI is InChI=1S/C17H19F4NO5/c1-5-6-26-14-12(20)10(18)8(11(19)13(14)21)7-9(15(23)24)22-16(25)27-17(2,3)4/h5,9H,1,6-7H2,2-4H3,(H,22,25)(H,23,24)/t9-/m0/s1. The lowest BCUT2D eigenvalue weighted by molar-refractivity contribution is -0.139. The highest BCUT2D eigenvalue weighted by Crippen LogP contribution is 2.30. The Bertz CT molecular complexity index is 717. The fourth-order valence-electron chi connectivity index (χ4n) is 1.96. The molecule has 0 aliphatic rings. The molecule has 2 N–H and O–H groups in total. The van der Waals surface area contributed by atoms with E-state index in [1.165, 1.54) is 20.8 Å². The zero-order chi connectivity index (χ0) is 20.9. The van der Waals surface area contributed by atoms with Crippen LogP contribution >= 0.6 is 0 Å². The molecule has 0 bridgehead atoms. The molecule has 1 rings (SSSR count). The molecule has 0 aromatic heterocycles. The SMILES string of the molecule is C=CCOc1c(F)c(F)c(C[C@H](NC(=O)OC(C)(C)C)C(=O)O)c(F)c1F. The van der Waals surface area contributed by atoms with Crippen LogP contribution in [0, 0.1) is 23.3 Å². The summed E-state index contributed by atoms with van der Waals surface area (Å²) in [6.45, 7) is 7.35. The number of hydrogen-bond acceptors (Lipinski definition) is 4. The number of hydrogen-bond donors (Lipinski definition) is 2. The molecule has 1 aromatic rings. The summed E-state index contributed by atoms with van der Waals surface area (Å²) >= 11 is 0. The molecule has 1 aromatic carbocycles. The molecule has 150 valence electrons. The van der Waals surface area contributed by atoms with E-state index >= 15 is 0 Å². The number of ether oxygens (including phenoxy) is 2. The summed E-state index contributed by atoms with van der Waals surface area (Å²) in [7, 11) is 0. The van der Waals surface area contributed by atoms with Crippen molar-refractivity contribution in [3.63, 3.8) is 0 Å². The summed E-state index contributed by atoms with van der Waals surface area (Å²) in [6.07, 6.45) is -1.14. The van der Waals surface area contributed by atoms with Gasteiger partial charge in [-0.3, -0.25) is 0 Å². The predicted molar refractivity (Wildman–Crippen MR) is 86.5 cm³/mol. The lowest BCUT2D eigenvalue weighted by Gasteiger charge is -2.22. The van der Waals surface area contributed by atoms with Gasteiger partial charge in [-0.1, -0.05) is 12.7 Å². The maximum Gasteiger partial charge on any atom is 0.408 e. The number of carboxylic acids is 1. The third-order valence-electron chi connectivity index (χ3n) is 3.06. The predicted octanol–water partition coefficient (Wildman–Crippen LogP) is 3.33. The van der Waals surface area contributed by atoms with Crippen molar-refractivity contribution in [3.05, 3.63) is 41.5 Å². The Hall–Kier alpha value is -2.78. The fourth-order valence-corrected chi connectivity index (χ4v) is 1.96. The highest BCUT2D eigenvalue weighted by Gasteiger charge is 2.31. The minimum absolute atomic E-state index is 0.413. The smallest absolute Gasteiger partial charge is 0.408 e. The first-order chi connectivity index (χ1) is 12.4. The Balaban J connectivity index is 3.18. The van der Waals surface area contributed by atoms with Gasteiger partial charge in [0.15, 0.2) is 17.4 Å². The molecule has 0 saturated carbocycles. The number of amides is 1. The minimum atomic E-state index is -1.90. The molecule has 0 heterocycles. The Kier molecular flexibility index (Phi) is 7.21. The van der Waals surface area contributed by atoms with Crippen molar-refractivity contribution in [1.82, 2.24) is 5.32 Å². The van der Waals surface area contributed by atoms with Crippen LogP contribution in [0.3, 0.4) is 0 Å². The van der Waals surface area contributed by atoms with Crippen LogP contribution in [-0.2, 0) is 16.0 Å². The normalized spacial score (nSPS) is 12.3. The van der Waals surface area contributed by atoms with Gasteiger partial charge >= 0.3 is 12.1 Å². The van der Waals surface area contributed by atoms with Crippen LogP contribution in [0.2, 0.25) is 0 Å². The van der Waals surface area contributed by atoms with Gasteiger partial charge in [0.25, 0.3) is 0 Å². The molecule has 6 nitrogen and oxygen atoms in total. The molecule has 0 fully saturated rings. The molecular weight excluding hydrogens is 374 g/mol. The van der Waals surface area contributed by atoms with Crippen LogP contribution in [0.1, 0.15) is 26.3 Å². The second-order valence-corrected chi connectivity index (χ2v) is 6.40. The van der Waals surface area contributed by atoms with Gasteiger partial charge in [0.05, 0.1) is 0 Å². The second kappa shape index (κ2) is 8.74. The van der Waals surface area contributed by atoms with Crippen molar-refractivity contribution in [1.29, 1.82) is 0 Å². The summed E-state index contributed by atoms with van der Waals surface area (Å²) in [5.41, 5.74) is -2.16. The van der Waals surface area contributed by atoms with E-state index in [-0.39, 0.29) is 0 Å². The summed E-state index contributed by atoms with van der Waals surface area (Å²) < 4.78 is 65.6. The average molecular weight is 393 g/mol. The van der Waals surface area contributed by atoms with Gasteiger partial charge in [0.1, 0.15) is 18.2 Å². The quantitative estimate of drug-likeness (QED) is 0.422. The Morgan fingerprint density at radius 3 is 2.07 bits per heavy atom. The molecule has 1 atom stereocenters. The third-order valence-corrected chi connectivity index (χ3v) is 3.06. The van der Waals surface area contributed by atoms with Crippen LogP contribution in [0.4, 0.5) is 22.4 Å². The van der Waals surface area contributed by atoms with E-state index in [1.54, 1.807) is 0 Å². The van der Waals surface area contributed by atoms with Crippen molar-refractivity contribution in [2.75, 3.05) is 6.61 Å². The zero-order valence-electron chi connectivity index (χ0n) is 14.9. The summed E-state index contributed by atoms with van der Waals surface area (Å²) in [4.78, 5) is 22.9. The van der Waals surface area contributed by atoms with E-state index in [0.29, 0.717) is 0 Å². The Morgan fingerprint density at radius 1 is 1.15 bits per heavy atom. The van der Waals surface area contributed by atoms with Crippen molar-refractivity contribution >= 4 is 12.1 Å². The molecule has 0 saturated heterocycles. The monoisotopic (exact) mass is 393 g/mol. The van der Waals surface area contributed by atoms with Crippen molar-refractivity contribution in [2.45, 2.75) is 38.8 Å². The summed E-state index contributed by atoms with van der Waals surface area (Å²) in [5, 5.41) is 11.0. The summed E-state index contributed by atoms with van der Waals surface area (Å²) in [5.74, 6) is -10.3. The first-order valence-corrected chi connectivity index (χ1v) is 7.69. The molecule has 27 heavy (non-hydrogen) atoms. The molecule has 0 radical (unpaired) electrons. The van der Waals surface area contributed by atoms with Gasteiger partial charge in [-0.2, -0.15) is 8.78 Å². The van der Waals surface area contributed by atoms with Crippen LogP contribution < -0.4 is 10.1 Å². The van der Waals surface area contributed by atoms with Crippen molar-refractivity contribution in [2.24, 2.45) is 0 Å². The van der Waals surface area contributed by atoms with Crippen LogP contribution in [0.15, 0.2) is 12.7 Å². The van der Waals surface area contributed by atoms with Crippen LogP contribution in [0.25, 0.3) is 0 Å². The highest BCUT2D eigenvalue weighted by atomic mass is 19.2. The number of rotatable bonds is 7. The molecular formula is C17H19F4NO5. The molecule has 0 aliphatic carbocycles. The maximum atomic E-state index is 14.1. The van der Waals surface area contributed by atoms with Crippen LogP contribution in [0.5, 0.6) is 5.75 Å². The summed E-state index contributed by atoms with van der Waals surface area (Å²) in [6, 6.07) is -1.90. The number of benzene rings is 1. The van der Waals surface area contributed by atoms with Gasteiger partial charge in [-0.25, -0.2) is 18.4 Å². The van der Waals surface area contributed by atoms with E-state index in [1.807, 2.05) is 5.32 Å². The second-order valence-electron chi connectivity index (χ2n) is 6.40. The lowest BCUT2D eigenvalue weighted by Crippen LogP contribution is -2.45. The maximum absolute atomic E-state index is 14.1. The third kappa shape index (κ3) is 5.87. The number of nitrogens with one attached hydrogen (secondary N) is 1. The molecule has 1 amide bonds. The van der Waals surface area contributed by atoms with Crippen molar-refractivity contribution in [3.8, 4) is 5.75 Å². The van der Waals surface area contributed by atoms with Crippen LogP contribution in [-0.4, -0.2) is 35.4 Å². The number of alkyl carbamates (subject to hydrolysis) is 1. The van der Waals surface area contributed by atoms with E-state index in [4.69, 9.17) is 9.84 Å². The Morgan fingerprint density at radius 2 is 1.67 bits per heavy atom. The number of aliphatic carboxylic acids is 1. The highest BCUT2D eigenvalue weighted by molar-refractivity contribution is 5.80. The number of carbonyl (C=O) groups is 2. The average Bonchev–Trinajstić information content (AvgIpc) is 2.54. The van der Waals surface area contributed by atoms with E-state index in [2.05, 4.69) is 11.3 Å². The fraction of sp³-hybridized carbons (Fsp3) is 0.412. The Labute approximate surface area is 152 Å². The van der Waals surface area contributed by atoms with Gasteiger partial charge in [-0.05, 0) is 20.8 Å². The van der Waals surface area contributed by atoms with Gasteiger partial charge < -0.3 is 19.9 Å². The zero-order valence-corrected chi connectivity index (χ0v) is 14.9. The number of carboxylic acid groups (broad SMARTS) is 1. The van der Waals surface area contributed by atoms with Gasteiger partial charge in [-0.15, -0.1) is 0 Å². The van der Waals surface area contributed by atoms with E-state index < -0.39 is 71.3 Å². The largest absolute Gasteiger partial charge is 0.483 e. The molecule has 0 aliphatic heterocycles. The van der Waals surface area contributed by atoms with Crippen molar-refractivity contribution < 1.29 is 41.7 Å². The molecule has 0 unspecified atom stereocenters. The van der Waals surface area contributed by atoms with Gasteiger partial charge in [0, 0.05) is 12.0 Å². The lowest BCUT2D eigenvalue weighted by atomic mass is 10.0.